The Hall–Kier alpha value is -1.23. The van der Waals surface area contributed by atoms with Crippen LogP contribution < -0.4 is 5.32 Å². The van der Waals surface area contributed by atoms with Crippen molar-refractivity contribution in [3.05, 3.63) is 12.7 Å². The molecule has 0 bridgehead atoms. The van der Waals surface area contributed by atoms with Crippen molar-refractivity contribution in [2.45, 2.75) is 0 Å². The number of nitrogens with one attached hydrogen (secondary N) is 1. The molecule has 0 aliphatic heterocycles. The second-order valence-electron chi connectivity index (χ2n) is 1.51. The molecule has 0 spiro atoms. The lowest BCUT2D eigenvalue weighted by Crippen LogP contribution is -2.08. The minimum Gasteiger partial charge on any atom is -0.395 e. The van der Waals surface area contributed by atoms with Crippen molar-refractivity contribution < 1.29 is 5.11 Å². The highest BCUT2D eigenvalue weighted by atomic mass is 16.3. The van der Waals surface area contributed by atoms with Crippen LogP contribution in [0.4, 0.5) is 5.95 Å². The molecule has 0 atom stereocenters. The van der Waals surface area contributed by atoms with Crippen molar-refractivity contribution >= 4 is 5.95 Å². The zero-order valence-corrected chi connectivity index (χ0v) is 5.20. The molecule has 5 nitrogen and oxygen atoms in total. The molecule has 1 heterocycles. The number of hydrogen-bond acceptors (Lipinski definition) is 5. The SMILES string of the molecule is OCCNc1n[c]n[c]n1. The number of hydrogen-bond donors (Lipinski definition) is 2. The van der Waals surface area contributed by atoms with Crippen molar-refractivity contribution in [3.8, 4) is 0 Å². The van der Waals surface area contributed by atoms with Crippen LogP contribution in [0.5, 0.6) is 0 Å². The van der Waals surface area contributed by atoms with Gasteiger partial charge < -0.3 is 10.4 Å². The predicted octanol–water partition coefficient (Wildman–Crippen LogP) is -1.12. The zero-order valence-electron chi connectivity index (χ0n) is 5.20. The van der Waals surface area contributed by atoms with Gasteiger partial charge in [0.2, 0.25) is 18.6 Å². The van der Waals surface area contributed by atoms with E-state index >= 15 is 0 Å². The van der Waals surface area contributed by atoms with E-state index in [0.29, 0.717) is 12.5 Å². The summed E-state index contributed by atoms with van der Waals surface area (Å²) in [6, 6.07) is 0. The summed E-state index contributed by atoms with van der Waals surface area (Å²) in [5.74, 6) is 0.379. The maximum atomic E-state index is 8.37. The summed E-state index contributed by atoms with van der Waals surface area (Å²) in [5.41, 5.74) is 0. The first-order valence-corrected chi connectivity index (χ1v) is 2.76. The van der Waals surface area contributed by atoms with E-state index in [-0.39, 0.29) is 6.61 Å². The fraction of sp³-hybridized carbons (Fsp3) is 0.400. The van der Waals surface area contributed by atoms with Gasteiger partial charge in [0.25, 0.3) is 0 Å². The van der Waals surface area contributed by atoms with Gasteiger partial charge in [0.15, 0.2) is 0 Å². The molecule has 0 saturated carbocycles. The summed E-state index contributed by atoms with van der Waals surface area (Å²) in [5, 5.41) is 11.1. The number of anilines is 1. The van der Waals surface area contributed by atoms with E-state index in [2.05, 4.69) is 32.9 Å². The summed E-state index contributed by atoms with van der Waals surface area (Å²) in [6.07, 6.45) is 4.62. The van der Waals surface area contributed by atoms with Crippen LogP contribution in [0.2, 0.25) is 0 Å². The summed E-state index contributed by atoms with van der Waals surface area (Å²) in [7, 11) is 0. The third-order valence-corrected chi connectivity index (χ3v) is 0.807. The van der Waals surface area contributed by atoms with E-state index in [9.17, 15) is 0 Å². The Kier molecular flexibility index (Phi) is 2.57. The van der Waals surface area contributed by atoms with Gasteiger partial charge in [-0.2, -0.15) is 9.97 Å². The van der Waals surface area contributed by atoms with Crippen molar-refractivity contribution in [1.29, 1.82) is 0 Å². The molecule has 0 unspecified atom stereocenters. The van der Waals surface area contributed by atoms with E-state index < -0.39 is 0 Å². The minimum atomic E-state index is 0.0473. The Morgan fingerprint density at radius 1 is 1.40 bits per heavy atom. The van der Waals surface area contributed by atoms with Crippen LogP contribution in [-0.4, -0.2) is 33.2 Å². The Balaban J connectivity index is 2.43. The van der Waals surface area contributed by atoms with Gasteiger partial charge in [-0.3, -0.25) is 0 Å². The zero-order chi connectivity index (χ0) is 7.23. The van der Waals surface area contributed by atoms with Crippen LogP contribution in [0.25, 0.3) is 0 Å². The maximum Gasteiger partial charge on any atom is 0.227 e. The van der Waals surface area contributed by atoms with E-state index in [0.717, 1.165) is 0 Å². The van der Waals surface area contributed by atoms with E-state index in [1.807, 2.05) is 0 Å². The molecule has 1 rings (SSSR count). The number of aliphatic hydroxyl groups is 1. The van der Waals surface area contributed by atoms with Gasteiger partial charge in [0, 0.05) is 6.54 Å². The average Bonchev–Trinajstić information content (AvgIpc) is 2.03. The van der Waals surface area contributed by atoms with Gasteiger partial charge >= 0.3 is 0 Å². The highest BCUT2D eigenvalue weighted by Crippen LogP contribution is 1.87. The molecular formula is C5H6N4O. The first-order chi connectivity index (χ1) is 4.93. The second-order valence-corrected chi connectivity index (χ2v) is 1.51. The first-order valence-electron chi connectivity index (χ1n) is 2.76. The number of nitrogens with zero attached hydrogens (tertiary/aromatic N) is 3. The van der Waals surface area contributed by atoms with Crippen LogP contribution in [0.15, 0.2) is 0 Å². The molecule has 0 aliphatic carbocycles. The smallest absolute Gasteiger partial charge is 0.227 e. The largest absolute Gasteiger partial charge is 0.395 e. The summed E-state index contributed by atoms with van der Waals surface area (Å²) in [6.45, 7) is 0.470. The highest BCUT2D eigenvalue weighted by Gasteiger charge is 1.89. The van der Waals surface area contributed by atoms with Crippen LogP contribution in [0, 0.1) is 12.7 Å². The van der Waals surface area contributed by atoms with Gasteiger partial charge in [0.1, 0.15) is 0 Å². The van der Waals surface area contributed by atoms with Gasteiger partial charge in [-0.1, -0.05) is 0 Å². The van der Waals surface area contributed by atoms with Crippen molar-refractivity contribution in [3.63, 3.8) is 0 Å². The Morgan fingerprint density at radius 3 is 2.70 bits per heavy atom. The summed E-state index contributed by atoms with van der Waals surface area (Å²) in [4.78, 5) is 10.6. The summed E-state index contributed by atoms with van der Waals surface area (Å²) < 4.78 is 0. The topological polar surface area (TPSA) is 70.9 Å². The predicted molar refractivity (Wildman–Crippen MR) is 33.1 cm³/mol. The second kappa shape index (κ2) is 3.73. The highest BCUT2D eigenvalue weighted by molar-refractivity contribution is 5.19. The third kappa shape index (κ3) is 1.94. The lowest BCUT2D eigenvalue weighted by molar-refractivity contribution is 0.310. The molecular weight excluding hydrogens is 132 g/mol. The molecule has 1 aromatic rings. The molecule has 0 fully saturated rings. The lowest BCUT2D eigenvalue weighted by atomic mass is 10.7. The van der Waals surface area contributed by atoms with Crippen molar-refractivity contribution in [2.24, 2.45) is 0 Å². The van der Waals surface area contributed by atoms with Crippen molar-refractivity contribution in [2.75, 3.05) is 18.5 Å². The van der Waals surface area contributed by atoms with Gasteiger partial charge in [-0.25, -0.2) is 4.98 Å². The number of rotatable bonds is 3. The molecule has 0 aromatic carbocycles. The first kappa shape index (κ1) is 6.88. The average molecular weight is 138 g/mol. The lowest BCUT2D eigenvalue weighted by Gasteiger charge is -1.97. The Morgan fingerprint density at radius 2 is 2.10 bits per heavy atom. The molecule has 2 radical (unpaired) electrons. The molecule has 10 heavy (non-hydrogen) atoms. The number of aromatic nitrogens is 3. The maximum absolute atomic E-state index is 8.37. The summed E-state index contributed by atoms with van der Waals surface area (Å²) >= 11 is 0. The molecule has 5 heteroatoms. The van der Waals surface area contributed by atoms with Crippen LogP contribution >= 0.6 is 0 Å². The molecule has 1 aromatic heterocycles. The van der Waals surface area contributed by atoms with Gasteiger partial charge in [0.05, 0.1) is 6.61 Å². The molecule has 0 amide bonds. The molecule has 0 saturated heterocycles. The monoisotopic (exact) mass is 138 g/mol. The standard InChI is InChI=1S/C5H6N4O/c10-2-1-7-5-8-3-6-4-9-5/h10H,1-2H2,(H,6,7,8,9). The van der Waals surface area contributed by atoms with Crippen LogP contribution in [0.1, 0.15) is 0 Å². The van der Waals surface area contributed by atoms with Crippen LogP contribution in [0.3, 0.4) is 0 Å². The van der Waals surface area contributed by atoms with E-state index in [4.69, 9.17) is 5.11 Å². The fourth-order valence-electron chi connectivity index (χ4n) is 0.439. The molecule has 0 aliphatic rings. The normalized spacial score (nSPS) is 9.30. The fourth-order valence-corrected chi connectivity index (χ4v) is 0.439. The quantitative estimate of drug-likeness (QED) is 0.553. The van der Waals surface area contributed by atoms with Gasteiger partial charge in [-0.05, 0) is 0 Å². The van der Waals surface area contributed by atoms with E-state index in [1.165, 1.54) is 0 Å². The Bertz CT molecular complexity index is 178. The van der Waals surface area contributed by atoms with Gasteiger partial charge in [-0.15, -0.1) is 0 Å². The Labute approximate surface area is 58.2 Å². The van der Waals surface area contributed by atoms with Crippen LogP contribution in [-0.2, 0) is 0 Å². The molecule has 52 valence electrons. The van der Waals surface area contributed by atoms with E-state index in [1.54, 1.807) is 0 Å². The van der Waals surface area contributed by atoms with Crippen molar-refractivity contribution in [1.82, 2.24) is 15.0 Å². The number of aliphatic hydroxyl groups excluding tert-OH is 1. The third-order valence-electron chi connectivity index (χ3n) is 0.807. The molecule has 2 N–H and O–H groups in total. The minimum absolute atomic E-state index is 0.0473.